The molecule has 0 spiro atoms. The molecular weight excluding hydrogens is 453 g/mol. The molecule has 0 N–H and O–H groups in total. The molecule has 1 aliphatic rings. The fourth-order valence-electron chi connectivity index (χ4n) is 5.54. The van der Waals surface area contributed by atoms with E-state index in [2.05, 4.69) is 125 Å². The molecular formula is C33H28BNO2. The average molecular weight is 481 g/mol. The summed E-state index contributed by atoms with van der Waals surface area (Å²) >= 11 is 0. The predicted octanol–water partition coefficient (Wildman–Crippen LogP) is 7.66. The van der Waals surface area contributed by atoms with Crippen molar-refractivity contribution in [2.75, 3.05) is 0 Å². The van der Waals surface area contributed by atoms with E-state index in [-0.39, 0.29) is 11.2 Å². The summed E-state index contributed by atoms with van der Waals surface area (Å²) in [7, 11) is -0.411. The number of hydrogen-bond donors (Lipinski definition) is 0. The number of benzene rings is 5. The van der Waals surface area contributed by atoms with Gasteiger partial charge in [0.2, 0.25) is 0 Å². The van der Waals surface area contributed by atoms with Crippen LogP contribution in [0.1, 0.15) is 27.7 Å². The van der Waals surface area contributed by atoms with E-state index >= 15 is 0 Å². The zero-order valence-electron chi connectivity index (χ0n) is 21.6. The van der Waals surface area contributed by atoms with Gasteiger partial charge in [-0.05, 0) is 49.5 Å². The molecule has 0 radical (unpaired) electrons. The Morgan fingerprint density at radius 2 is 1.11 bits per heavy atom. The summed E-state index contributed by atoms with van der Waals surface area (Å²) in [5.74, 6) is 0. The minimum Gasteiger partial charge on any atom is -0.399 e. The molecule has 1 fully saturated rings. The maximum Gasteiger partial charge on any atom is 0.494 e. The molecule has 3 nitrogen and oxygen atoms in total. The normalized spacial score (nSPS) is 16.8. The minimum absolute atomic E-state index is 0.387. The summed E-state index contributed by atoms with van der Waals surface area (Å²) in [4.78, 5) is 5.31. The third-order valence-electron chi connectivity index (χ3n) is 8.26. The number of pyridine rings is 1. The van der Waals surface area contributed by atoms with Crippen LogP contribution in [-0.2, 0) is 9.31 Å². The first-order valence-electron chi connectivity index (χ1n) is 12.9. The Morgan fingerprint density at radius 1 is 0.568 bits per heavy atom. The monoisotopic (exact) mass is 481 g/mol. The van der Waals surface area contributed by atoms with Crippen LogP contribution in [0.4, 0.5) is 0 Å². The van der Waals surface area contributed by atoms with E-state index in [1.807, 2.05) is 0 Å². The first kappa shape index (κ1) is 22.5. The third kappa shape index (κ3) is 3.40. The smallest absolute Gasteiger partial charge is 0.399 e. The summed E-state index contributed by atoms with van der Waals surface area (Å²) in [5, 5.41) is 7.01. The summed E-state index contributed by atoms with van der Waals surface area (Å²) in [6, 6.07) is 34.5. The molecule has 180 valence electrons. The Kier molecular flexibility index (Phi) is 4.79. The van der Waals surface area contributed by atoms with Gasteiger partial charge in [0.15, 0.2) is 0 Å². The number of rotatable bonds is 2. The van der Waals surface area contributed by atoms with Gasteiger partial charge < -0.3 is 9.31 Å². The molecule has 37 heavy (non-hydrogen) atoms. The topological polar surface area (TPSA) is 31.4 Å². The highest BCUT2D eigenvalue weighted by molar-refractivity contribution is 6.62. The second-order valence-electron chi connectivity index (χ2n) is 11.1. The Bertz CT molecular complexity index is 1750. The Labute approximate surface area is 217 Å². The molecule has 7 rings (SSSR count). The van der Waals surface area contributed by atoms with Crippen molar-refractivity contribution in [3.63, 3.8) is 0 Å². The molecule has 1 saturated heterocycles. The molecule has 0 bridgehead atoms. The van der Waals surface area contributed by atoms with Crippen molar-refractivity contribution in [2.45, 2.75) is 38.9 Å². The first-order chi connectivity index (χ1) is 17.8. The Balaban J connectivity index is 1.54. The van der Waals surface area contributed by atoms with Crippen molar-refractivity contribution in [3.05, 3.63) is 97.1 Å². The van der Waals surface area contributed by atoms with Crippen LogP contribution in [0.3, 0.4) is 0 Å². The molecule has 1 aliphatic heterocycles. The van der Waals surface area contributed by atoms with Crippen LogP contribution in [-0.4, -0.2) is 23.3 Å². The molecule has 6 aromatic rings. The minimum atomic E-state index is -0.411. The molecule has 1 aromatic heterocycles. The van der Waals surface area contributed by atoms with E-state index in [0.29, 0.717) is 0 Å². The van der Waals surface area contributed by atoms with E-state index in [1.165, 1.54) is 16.3 Å². The van der Waals surface area contributed by atoms with Crippen LogP contribution in [0.15, 0.2) is 97.1 Å². The molecule has 0 unspecified atom stereocenters. The van der Waals surface area contributed by atoms with E-state index in [9.17, 15) is 0 Å². The quantitative estimate of drug-likeness (QED) is 0.145. The lowest BCUT2D eigenvalue weighted by Crippen LogP contribution is -2.41. The molecule has 0 aliphatic carbocycles. The second-order valence-corrected chi connectivity index (χ2v) is 11.1. The third-order valence-corrected chi connectivity index (χ3v) is 8.26. The number of nitrogens with zero attached hydrogens (tertiary/aromatic N) is 1. The van der Waals surface area contributed by atoms with E-state index < -0.39 is 7.12 Å². The van der Waals surface area contributed by atoms with Crippen molar-refractivity contribution in [2.24, 2.45) is 0 Å². The van der Waals surface area contributed by atoms with Crippen molar-refractivity contribution in [3.8, 4) is 11.1 Å². The molecule has 2 heterocycles. The van der Waals surface area contributed by atoms with Crippen molar-refractivity contribution in [1.29, 1.82) is 0 Å². The van der Waals surface area contributed by atoms with Crippen LogP contribution >= 0.6 is 0 Å². The van der Waals surface area contributed by atoms with Crippen molar-refractivity contribution >= 4 is 55.9 Å². The molecule has 5 aromatic carbocycles. The van der Waals surface area contributed by atoms with Gasteiger partial charge in [-0.3, -0.25) is 0 Å². The van der Waals surface area contributed by atoms with Crippen LogP contribution < -0.4 is 5.46 Å². The van der Waals surface area contributed by atoms with Gasteiger partial charge >= 0.3 is 7.12 Å². The summed E-state index contributed by atoms with van der Waals surface area (Å²) in [6.45, 7) is 8.38. The zero-order valence-corrected chi connectivity index (χ0v) is 21.6. The standard InChI is InChI=1S/C33H28BNO2/c1-32(2)33(3,4)37-34(36-32)24-13-9-12-23(20-24)29-27-18-16-21-10-5-7-14-25(21)30(27)35-31-26-15-8-6-11-22(26)17-19-28(29)31/h5-20H,1-4H3. The predicted molar refractivity (Wildman–Crippen MR) is 155 cm³/mol. The highest BCUT2D eigenvalue weighted by atomic mass is 16.7. The van der Waals surface area contributed by atoms with E-state index in [4.69, 9.17) is 14.3 Å². The van der Waals surface area contributed by atoms with Gasteiger partial charge in [0.05, 0.1) is 22.2 Å². The molecule has 4 heteroatoms. The van der Waals surface area contributed by atoms with Crippen LogP contribution in [0, 0.1) is 0 Å². The Hall–Kier alpha value is -3.73. The molecule has 0 saturated carbocycles. The van der Waals surface area contributed by atoms with Gasteiger partial charge in [0, 0.05) is 27.1 Å². The van der Waals surface area contributed by atoms with Gasteiger partial charge in [-0.1, -0.05) is 97.1 Å². The van der Waals surface area contributed by atoms with Gasteiger partial charge in [-0.25, -0.2) is 4.98 Å². The molecule has 0 atom stereocenters. The Morgan fingerprint density at radius 3 is 1.68 bits per heavy atom. The number of hydrogen-bond acceptors (Lipinski definition) is 3. The van der Waals surface area contributed by atoms with Gasteiger partial charge in [-0.2, -0.15) is 0 Å². The number of aromatic nitrogens is 1. The summed E-state index contributed by atoms with van der Waals surface area (Å²) < 4.78 is 12.8. The summed E-state index contributed by atoms with van der Waals surface area (Å²) in [6.07, 6.45) is 0. The fraction of sp³-hybridized carbons (Fsp3) is 0.182. The second kappa shape index (κ2) is 7.88. The van der Waals surface area contributed by atoms with Gasteiger partial charge in [-0.15, -0.1) is 0 Å². The lowest BCUT2D eigenvalue weighted by Gasteiger charge is -2.32. The van der Waals surface area contributed by atoms with Crippen molar-refractivity contribution in [1.82, 2.24) is 4.98 Å². The highest BCUT2D eigenvalue weighted by Gasteiger charge is 2.51. The van der Waals surface area contributed by atoms with Gasteiger partial charge in [0.1, 0.15) is 0 Å². The van der Waals surface area contributed by atoms with Crippen LogP contribution in [0.5, 0.6) is 0 Å². The highest BCUT2D eigenvalue weighted by Crippen LogP contribution is 2.40. The maximum atomic E-state index is 6.40. The van der Waals surface area contributed by atoms with Crippen molar-refractivity contribution < 1.29 is 9.31 Å². The lowest BCUT2D eigenvalue weighted by molar-refractivity contribution is 0.00578. The number of fused-ring (bicyclic) bond motifs is 6. The van der Waals surface area contributed by atoms with Crippen LogP contribution in [0.25, 0.3) is 54.5 Å². The lowest BCUT2D eigenvalue weighted by atomic mass is 9.77. The van der Waals surface area contributed by atoms with E-state index in [1.54, 1.807) is 0 Å². The summed E-state index contributed by atoms with van der Waals surface area (Å²) in [5.41, 5.74) is 4.63. The fourth-order valence-corrected chi connectivity index (χ4v) is 5.54. The average Bonchev–Trinajstić information content (AvgIpc) is 3.13. The molecule has 0 amide bonds. The first-order valence-corrected chi connectivity index (χ1v) is 12.9. The zero-order chi connectivity index (χ0) is 25.4. The van der Waals surface area contributed by atoms with Crippen LogP contribution in [0.2, 0.25) is 0 Å². The SMILES string of the molecule is CC1(C)OB(c2cccc(-c3c4ccc5ccccc5c4nc4c3ccc3ccccc34)c2)OC1(C)C. The largest absolute Gasteiger partial charge is 0.494 e. The van der Waals surface area contributed by atoms with E-state index in [0.717, 1.165) is 43.6 Å². The van der Waals surface area contributed by atoms with Gasteiger partial charge in [0.25, 0.3) is 0 Å². The maximum absolute atomic E-state index is 6.40.